The number of aromatic nitrogens is 1. The Morgan fingerprint density at radius 1 is 1.10 bits per heavy atom. The number of hydrogen-bond donors (Lipinski definition) is 0. The second-order valence-electron chi connectivity index (χ2n) is 6.85. The van der Waals surface area contributed by atoms with Crippen molar-refractivity contribution in [1.82, 2.24) is 9.47 Å². The Hall–Kier alpha value is -3.78. The minimum Gasteiger partial charge on any atom is -0.339 e. The van der Waals surface area contributed by atoms with Gasteiger partial charge < -0.3 is 4.90 Å². The predicted octanol–water partition coefficient (Wildman–Crippen LogP) is 3.49. The van der Waals surface area contributed by atoms with Crippen molar-refractivity contribution in [2.45, 2.75) is 12.6 Å². The van der Waals surface area contributed by atoms with Crippen molar-refractivity contribution >= 4 is 29.0 Å². The van der Waals surface area contributed by atoms with Crippen molar-refractivity contribution in [2.75, 3.05) is 7.05 Å². The largest absolute Gasteiger partial charge is 0.339 e. The molecule has 1 heterocycles. The zero-order valence-corrected chi connectivity index (χ0v) is 17.2. The molecular weight excluding hydrogens is 422 g/mol. The average molecular weight is 440 g/mol. The molecule has 0 N–H and O–H groups in total. The van der Waals surface area contributed by atoms with Gasteiger partial charge in [-0.15, -0.1) is 0 Å². The van der Waals surface area contributed by atoms with Crippen LogP contribution in [0, 0.1) is 10.1 Å². The molecule has 0 spiro atoms. The number of benzene rings is 2. The maximum atomic E-state index is 13.3. The molecule has 0 fully saturated rings. The first-order valence-corrected chi connectivity index (χ1v) is 9.61. The third-order valence-corrected chi connectivity index (χ3v) is 4.87. The van der Waals surface area contributed by atoms with Gasteiger partial charge in [0.15, 0.2) is 11.8 Å². The molecule has 3 aromatic rings. The Labute approximate surface area is 182 Å². The minimum atomic E-state index is -1.57. The number of likely N-dealkylation sites (N-methyl/N-ethyl adjacent to an activating group) is 1. The Kier molecular flexibility index (Phi) is 6.61. The fourth-order valence-corrected chi connectivity index (χ4v) is 3.28. The third-order valence-electron chi connectivity index (χ3n) is 4.64. The summed E-state index contributed by atoms with van der Waals surface area (Å²) in [5.74, 6) is -1.40. The Morgan fingerprint density at radius 2 is 1.81 bits per heavy atom. The number of halogens is 1. The number of amides is 1. The van der Waals surface area contributed by atoms with Gasteiger partial charge in [-0.2, -0.15) is 0 Å². The zero-order valence-electron chi connectivity index (χ0n) is 16.5. The van der Waals surface area contributed by atoms with Gasteiger partial charge in [-0.3, -0.25) is 29.1 Å². The van der Waals surface area contributed by atoms with E-state index < -0.39 is 28.2 Å². The highest BCUT2D eigenvalue weighted by molar-refractivity contribution is 6.30. The van der Waals surface area contributed by atoms with E-state index in [-0.39, 0.29) is 22.8 Å². The average Bonchev–Trinajstić information content (AvgIpc) is 2.76. The predicted molar refractivity (Wildman–Crippen MR) is 115 cm³/mol. The van der Waals surface area contributed by atoms with E-state index in [1.54, 1.807) is 0 Å². The van der Waals surface area contributed by atoms with Crippen molar-refractivity contribution in [3.8, 4) is 0 Å². The topological polar surface area (TPSA) is 103 Å². The maximum absolute atomic E-state index is 13.3. The van der Waals surface area contributed by atoms with Crippen LogP contribution in [0.4, 0.5) is 5.69 Å². The van der Waals surface area contributed by atoms with Gasteiger partial charge >= 0.3 is 0 Å². The quantitative estimate of drug-likeness (QED) is 0.242. The highest BCUT2D eigenvalue weighted by Crippen LogP contribution is 2.22. The summed E-state index contributed by atoms with van der Waals surface area (Å²) in [6.45, 7) is 0.202. The summed E-state index contributed by atoms with van der Waals surface area (Å²) in [5, 5.41) is 11.3. The van der Waals surface area contributed by atoms with E-state index in [0.717, 1.165) is 22.3 Å². The van der Waals surface area contributed by atoms with Gasteiger partial charge in [0.1, 0.15) is 0 Å². The SMILES string of the molecule is CN(Cc1ccccc1)C(=O)[C@H](C(=O)c1cccc([N+](=O)[O-])c1)n1cc(Cl)ccc1=O. The molecule has 0 aliphatic heterocycles. The Balaban J connectivity index is 2.04. The number of Topliss-reactive ketones (excluding diaryl/α,β-unsaturated/α-hetero) is 1. The van der Waals surface area contributed by atoms with E-state index >= 15 is 0 Å². The van der Waals surface area contributed by atoms with Crippen LogP contribution in [0.15, 0.2) is 77.7 Å². The summed E-state index contributed by atoms with van der Waals surface area (Å²) in [5.41, 5.74) is -0.131. The summed E-state index contributed by atoms with van der Waals surface area (Å²) in [7, 11) is 1.51. The van der Waals surface area contributed by atoms with Crippen molar-refractivity contribution in [2.24, 2.45) is 0 Å². The normalized spacial score (nSPS) is 11.5. The molecule has 1 aromatic heterocycles. The van der Waals surface area contributed by atoms with Crippen molar-refractivity contribution in [1.29, 1.82) is 0 Å². The number of pyridine rings is 1. The van der Waals surface area contributed by atoms with Crippen LogP contribution in [0.25, 0.3) is 0 Å². The molecule has 3 rings (SSSR count). The van der Waals surface area contributed by atoms with E-state index in [0.29, 0.717) is 0 Å². The lowest BCUT2D eigenvalue weighted by atomic mass is 10.0. The molecule has 9 heteroatoms. The molecule has 0 saturated heterocycles. The molecule has 0 unspecified atom stereocenters. The van der Waals surface area contributed by atoms with Crippen LogP contribution in [0.2, 0.25) is 5.02 Å². The number of ketones is 1. The number of nitro groups is 1. The highest BCUT2D eigenvalue weighted by Gasteiger charge is 2.33. The lowest BCUT2D eigenvalue weighted by Gasteiger charge is -2.25. The number of nitrogens with zero attached hydrogens (tertiary/aromatic N) is 3. The van der Waals surface area contributed by atoms with Gasteiger partial charge in [-0.05, 0) is 11.6 Å². The van der Waals surface area contributed by atoms with Crippen molar-refractivity contribution in [3.05, 3.63) is 110 Å². The van der Waals surface area contributed by atoms with Gasteiger partial charge in [0.2, 0.25) is 0 Å². The number of nitro benzene ring substituents is 1. The first kappa shape index (κ1) is 21.9. The van der Waals surface area contributed by atoms with Gasteiger partial charge in [0, 0.05) is 43.6 Å². The molecule has 0 aliphatic carbocycles. The maximum Gasteiger partial charge on any atom is 0.270 e. The molecule has 1 atom stereocenters. The standard InChI is InChI=1S/C22H18ClN3O5/c1-24(13-15-6-3-2-4-7-15)22(29)20(25-14-17(23)10-11-19(25)27)21(28)16-8-5-9-18(12-16)26(30)31/h2-12,14,20H,13H2,1H3/t20-/m0/s1. The van der Waals surface area contributed by atoms with E-state index in [2.05, 4.69) is 0 Å². The molecule has 0 bridgehead atoms. The lowest BCUT2D eigenvalue weighted by Crippen LogP contribution is -2.42. The van der Waals surface area contributed by atoms with Crippen molar-refractivity contribution < 1.29 is 14.5 Å². The molecule has 31 heavy (non-hydrogen) atoms. The number of carbonyl (C=O) groups excluding carboxylic acids is 2. The monoisotopic (exact) mass is 439 g/mol. The van der Waals surface area contributed by atoms with Gasteiger partial charge in [0.25, 0.3) is 17.2 Å². The molecule has 2 aromatic carbocycles. The van der Waals surface area contributed by atoms with Crippen LogP contribution in [-0.2, 0) is 11.3 Å². The zero-order chi connectivity index (χ0) is 22.5. The molecular formula is C22H18ClN3O5. The van der Waals surface area contributed by atoms with Gasteiger partial charge in [-0.25, -0.2) is 0 Å². The van der Waals surface area contributed by atoms with Crippen LogP contribution < -0.4 is 5.56 Å². The second-order valence-corrected chi connectivity index (χ2v) is 7.28. The van der Waals surface area contributed by atoms with E-state index in [4.69, 9.17) is 11.6 Å². The van der Waals surface area contributed by atoms with Crippen molar-refractivity contribution in [3.63, 3.8) is 0 Å². The van der Waals surface area contributed by atoms with Crippen LogP contribution >= 0.6 is 11.6 Å². The van der Waals surface area contributed by atoms with E-state index in [1.807, 2.05) is 30.3 Å². The highest BCUT2D eigenvalue weighted by atomic mass is 35.5. The molecule has 1 amide bonds. The summed E-state index contributed by atoms with van der Waals surface area (Å²) >= 11 is 6.01. The van der Waals surface area contributed by atoms with E-state index in [9.17, 15) is 24.5 Å². The molecule has 0 radical (unpaired) electrons. The molecule has 0 saturated carbocycles. The first-order valence-electron chi connectivity index (χ1n) is 9.23. The van der Waals surface area contributed by atoms with Crippen LogP contribution in [0.3, 0.4) is 0 Å². The fraction of sp³-hybridized carbons (Fsp3) is 0.136. The minimum absolute atomic E-state index is 0.0625. The summed E-state index contributed by atoms with van der Waals surface area (Å²) < 4.78 is 0.952. The summed E-state index contributed by atoms with van der Waals surface area (Å²) in [4.78, 5) is 50.9. The summed E-state index contributed by atoms with van der Waals surface area (Å²) in [6.07, 6.45) is 1.21. The smallest absolute Gasteiger partial charge is 0.270 e. The van der Waals surface area contributed by atoms with Crippen LogP contribution in [-0.4, -0.2) is 33.1 Å². The number of carbonyl (C=O) groups is 2. The summed E-state index contributed by atoms with van der Waals surface area (Å²) in [6, 6.07) is 15.1. The van der Waals surface area contributed by atoms with Crippen LogP contribution in [0.5, 0.6) is 0 Å². The van der Waals surface area contributed by atoms with E-state index in [1.165, 1.54) is 42.4 Å². The third kappa shape index (κ3) is 5.04. The number of hydrogen-bond acceptors (Lipinski definition) is 5. The lowest BCUT2D eigenvalue weighted by molar-refractivity contribution is -0.384. The Morgan fingerprint density at radius 3 is 2.48 bits per heavy atom. The number of non-ortho nitro benzene ring substituents is 1. The number of rotatable bonds is 7. The molecule has 8 nitrogen and oxygen atoms in total. The molecule has 158 valence electrons. The van der Waals surface area contributed by atoms with Gasteiger partial charge in [0.05, 0.1) is 9.95 Å². The van der Waals surface area contributed by atoms with Gasteiger partial charge in [-0.1, -0.05) is 54.1 Å². The Bertz CT molecular complexity index is 1190. The van der Waals surface area contributed by atoms with Crippen LogP contribution in [0.1, 0.15) is 22.0 Å². The molecule has 0 aliphatic rings. The first-order chi connectivity index (χ1) is 14.8. The fourth-order valence-electron chi connectivity index (χ4n) is 3.11. The second kappa shape index (κ2) is 9.36.